The number of nitrogens with zero attached hydrogens (tertiary/aromatic N) is 2. The second-order valence-corrected chi connectivity index (χ2v) is 11.1. The Morgan fingerprint density at radius 1 is 1.15 bits per heavy atom. The molecule has 216 valence electrons. The molecule has 4 aromatic rings. The van der Waals surface area contributed by atoms with E-state index < -0.39 is 11.2 Å². The molecule has 1 aliphatic heterocycles. The lowest BCUT2D eigenvalue weighted by molar-refractivity contribution is -0.132. The summed E-state index contributed by atoms with van der Waals surface area (Å²) < 4.78 is 7.77. The zero-order chi connectivity index (χ0) is 28.9. The summed E-state index contributed by atoms with van der Waals surface area (Å²) in [6, 6.07) is 15.7. The predicted molar refractivity (Wildman–Crippen MR) is 161 cm³/mol. The Bertz CT molecular complexity index is 1620. The topological polar surface area (TPSA) is 126 Å². The molecule has 1 unspecified atom stereocenters. The number of carbonyl (C=O) groups excluding carboxylic acids is 1. The minimum absolute atomic E-state index is 0.0956. The van der Waals surface area contributed by atoms with Gasteiger partial charge < -0.3 is 24.9 Å². The number of aryl methyl sites for hydroxylation is 2. The summed E-state index contributed by atoms with van der Waals surface area (Å²) in [4.78, 5) is 43.5. The van der Waals surface area contributed by atoms with Gasteiger partial charge >= 0.3 is 5.69 Å². The lowest BCUT2D eigenvalue weighted by atomic mass is 9.91. The van der Waals surface area contributed by atoms with Gasteiger partial charge in [0.2, 0.25) is 5.91 Å². The van der Waals surface area contributed by atoms with Crippen molar-refractivity contribution in [1.29, 1.82) is 0 Å². The molecule has 2 atom stereocenters. The van der Waals surface area contributed by atoms with Gasteiger partial charge in [-0.1, -0.05) is 42.5 Å². The third kappa shape index (κ3) is 6.36. The number of hydrogen-bond acceptors (Lipinski definition) is 5. The normalized spacial score (nSPS) is 16.3. The van der Waals surface area contributed by atoms with Crippen molar-refractivity contribution in [3.8, 4) is 11.1 Å². The second kappa shape index (κ2) is 12.7. The van der Waals surface area contributed by atoms with E-state index in [0.717, 1.165) is 37.9 Å². The van der Waals surface area contributed by atoms with Crippen molar-refractivity contribution in [2.24, 2.45) is 5.73 Å². The van der Waals surface area contributed by atoms with Gasteiger partial charge in [-0.3, -0.25) is 14.6 Å². The highest BCUT2D eigenvalue weighted by molar-refractivity contribution is 5.85. The third-order valence-electron chi connectivity index (χ3n) is 8.18. The van der Waals surface area contributed by atoms with E-state index in [1.807, 2.05) is 29.2 Å². The van der Waals surface area contributed by atoms with Crippen LogP contribution in [-0.2, 0) is 22.5 Å². The highest BCUT2D eigenvalue weighted by atomic mass is 16.5. The van der Waals surface area contributed by atoms with Crippen molar-refractivity contribution < 1.29 is 9.53 Å². The van der Waals surface area contributed by atoms with E-state index in [1.54, 1.807) is 7.11 Å². The van der Waals surface area contributed by atoms with Crippen LogP contribution in [0.25, 0.3) is 22.0 Å². The van der Waals surface area contributed by atoms with E-state index in [4.69, 9.17) is 10.5 Å². The SMILES string of the molecule is COCCCn1c(C2CCCN(C(=O)C[C@H](N)Cc3ccc(-c4c[nH]c(=O)[nH]c4=O)cc3)C2)c(C)c2ccccc21. The first-order valence-electron chi connectivity index (χ1n) is 14.4. The Labute approximate surface area is 239 Å². The lowest BCUT2D eigenvalue weighted by Crippen LogP contribution is -2.42. The molecule has 0 bridgehead atoms. The van der Waals surface area contributed by atoms with Crippen molar-refractivity contribution in [3.63, 3.8) is 0 Å². The van der Waals surface area contributed by atoms with Crippen LogP contribution in [0.1, 0.15) is 48.4 Å². The molecule has 2 aromatic heterocycles. The maximum atomic E-state index is 13.4. The second-order valence-electron chi connectivity index (χ2n) is 11.1. The number of fused-ring (bicyclic) bond motifs is 1. The van der Waals surface area contributed by atoms with E-state index in [9.17, 15) is 14.4 Å². The summed E-state index contributed by atoms with van der Waals surface area (Å²) in [5.41, 5.74) is 11.5. The van der Waals surface area contributed by atoms with E-state index in [0.29, 0.717) is 30.7 Å². The van der Waals surface area contributed by atoms with Crippen LogP contribution in [0.15, 0.2) is 64.3 Å². The molecule has 5 rings (SSSR count). The Kier molecular flexibility index (Phi) is 8.85. The van der Waals surface area contributed by atoms with Gasteiger partial charge in [-0.15, -0.1) is 0 Å². The number of likely N-dealkylation sites (tertiary alicyclic amines) is 1. The first-order chi connectivity index (χ1) is 19.9. The minimum atomic E-state index is -0.536. The van der Waals surface area contributed by atoms with Crippen LogP contribution in [0.4, 0.5) is 0 Å². The molecule has 0 saturated carbocycles. The van der Waals surface area contributed by atoms with E-state index in [2.05, 4.69) is 45.7 Å². The maximum absolute atomic E-state index is 13.4. The first-order valence-corrected chi connectivity index (χ1v) is 14.4. The van der Waals surface area contributed by atoms with Crippen molar-refractivity contribution in [2.75, 3.05) is 26.8 Å². The number of aromatic amines is 2. The van der Waals surface area contributed by atoms with Crippen molar-refractivity contribution in [2.45, 2.75) is 57.5 Å². The lowest BCUT2D eigenvalue weighted by Gasteiger charge is -2.34. The zero-order valence-electron chi connectivity index (χ0n) is 23.8. The Morgan fingerprint density at radius 3 is 2.68 bits per heavy atom. The number of aromatic nitrogens is 3. The predicted octanol–water partition coefficient (Wildman–Crippen LogP) is 3.70. The highest BCUT2D eigenvalue weighted by Gasteiger charge is 2.29. The summed E-state index contributed by atoms with van der Waals surface area (Å²) in [5, 5.41) is 1.28. The molecule has 9 heteroatoms. The van der Waals surface area contributed by atoms with E-state index in [1.165, 1.54) is 28.4 Å². The fraction of sp³-hybridized carbons (Fsp3) is 0.406. The maximum Gasteiger partial charge on any atom is 0.325 e. The van der Waals surface area contributed by atoms with E-state index >= 15 is 0 Å². The summed E-state index contributed by atoms with van der Waals surface area (Å²) in [5.74, 6) is 0.376. The fourth-order valence-corrected chi connectivity index (χ4v) is 6.23. The van der Waals surface area contributed by atoms with Gasteiger partial charge in [-0.05, 0) is 55.4 Å². The molecule has 2 aromatic carbocycles. The molecule has 1 fully saturated rings. The van der Waals surface area contributed by atoms with Gasteiger partial charge in [0.25, 0.3) is 5.56 Å². The Morgan fingerprint density at radius 2 is 1.93 bits per heavy atom. The average Bonchev–Trinajstić information content (AvgIpc) is 3.25. The molecular formula is C32H39N5O4. The molecule has 0 aliphatic carbocycles. The largest absolute Gasteiger partial charge is 0.385 e. The van der Waals surface area contributed by atoms with Crippen LogP contribution >= 0.6 is 0 Å². The molecule has 1 aliphatic rings. The third-order valence-corrected chi connectivity index (χ3v) is 8.18. The quantitative estimate of drug-likeness (QED) is 0.256. The number of rotatable bonds is 10. The number of nitrogens with two attached hydrogens (primary N) is 1. The number of nitrogens with one attached hydrogen (secondary N) is 2. The number of piperidine rings is 1. The fourth-order valence-electron chi connectivity index (χ4n) is 6.23. The molecule has 1 amide bonds. The number of amides is 1. The van der Waals surface area contributed by atoms with Crippen molar-refractivity contribution >= 4 is 16.8 Å². The van der Waals surface area contributed by atoms with Crippen LogP contribution in [0.2, 0.25) is 0 Å². The standard InChI is InChI=1S/C32H39N5O4/c1-21-26-8-3-4-9-28(26)37(15-6-16-41-2)30(21)24-7-5-14-36(20-24)29(38)18-25(33)17-22-10-12-23(13-11-22)27-19-34-32(40)35-31(27)39/h3-4,8-13,19,24-25H,5-7,14-18,20,33H2,1-2H3,(H2,34,35,39,40)/t24?,25-/m1/s1. The molecule has 0 spiro atoms. The number of carbonyl (C=O) groups is 1. The summed E-state index contributed by atoms with van der Waals surface area (Å²) in [6.45, 7) is 5.27. The van der Waals surface area contributed by atoms with Gasteiger partial charge in [0.15, 0.2) is 0 Å². The Balaban J connectivity index is 1.24. The monoisotopic (exact) mass is 557 g/mol. The van der Waals surface area contributed by atoms with Crippen LogP contribution in [0.5, 0.6) is 0 Å². The van der Waals surface area contributed by atoms with Gasteiger partial charge in [0, 0.05) is 74.5 Å². The van der Waals surface area contributed by atoms with Crippen LogP contribution < -0.4 is 17.0 Å². The molecule has 9 nitrogen and oxygen atoms in total. The van der Waals surface area contributed by atoms with E-state index in [-0.39, 0.29) is 24.3 Å². The van der Waals surface area contributed by atoms with Crippen LogP contribution in [-0.4, -0.2) is 58.2 Å². The molecular weight excluding hydrogens is 518 g/mol. The van der Waals surface area contributed by atoms with Crippen molar-refractivity contribution in [3.05, 3.63) is 92.4 Å². The Hall–Kier alpha value is -3.95. The first kappa shape index (κ1) is 28.6. The number of ether oxygens (including phenoxy) is 1. The van der Waals surface area contributed by atoms with Crippen LogP contribution in [0.3, 0.4) is 0 Å². The smallest absolute Gasteiger partial charge is 0.325 e. The van der Waals surface area contributed by atoms with Gasteiger partial charge in [0.05, 0.1) is 5.56 Å². The number of H-pyrrole nitrogens is 2. The van der Waals surface area contributed by atoms with Gasteiger partial charge in [0.1, 0.15) is 0 Å². The molecule has 0 radical (unpaired) electrons. The summed E-state index contributed by atoms with van der Waals surface area (Å²) in [6.07, 6.45) is 5.21. The number of para-hydroxylation sites is 1. The van der Waals surface area contributed by atoms with Gasteiger partial charge in [-0.2, -0.15) is 0 Å². The van der Waals surface area contributed by atoms with Crippen LogP contribution in [0, 0.1) is 6.92 Å². The zero-order valence-corrected chi connectivity index (χ0v) is 23.8. The summed E-state index contributed by atoms with van der Waals surface area (Å²) >= 11 is 0. The molecule has 4 N–H and O–H groups in total. The molecule has 41 heavy (non-hydrogen) atoms. The number of methoxy groups -OCH3 is 1. The summed E-state index contributed by atoms with van der Waals surface area (Å²) in [7, 11) is 1.74. The van der Waals surface area contributed by atoms with Crippen molar-refractivity contribution in [1.82, 2.24) is 19.4 Å². The number of benzene rings is 2. The molecule has 3 heterocycles. The minimum Gasteiger partial charge on any atom is -0.385 e. The number of hydrogen-bond donors (Lipinski definition) is 3. The average molecular weight is 558 g/mol. The van der Waals surface area contributed by atoms with Gasteiger partial charge in [-0.25, -0.2) is 4.79 Å². The highest BCUT2D eigenvalue weighted by Crippen LogP contribution is 2.36. The molecule has 1 saturated heterocycles.